The first-order valence-electron chi connectivity index (χ1n) is 9.58. The summed E-state index contributed by atoms with van der Waals surface area (Å²) in [4.78, 5) is 12.1. The van der Waals surface area contributed by atoms with Gasteiger partial charge >= 0.3 is 12.1 Å². The van der Waals surface area contributed by atoms with Crippen molar-refractivity contribution in [1.82, 2.24) is 0 Å². The van der Waals surface area contributed by atoms with E-state index in [2.05, 4.69) is 33.9 Å². The van der Waals surface area contributed by atoms with E-state index in [1.165, 1.54) is 12.1 Å². The van der Waals surface area contributed by atoms with Gasteiger partial charge in [-0.15, -0.1) is 0 Å². The van der Waals surface area contributed by atoms with Crippen molar-refractivity contribution in [3.8, 4) is 5.75 Å². The summed E-state index contributed by atoms with van der Waals surface area (Å²) < 4.78 is 56.0. The lowest BCUT2D eigenvalue weighted by Crippen LogP contribution is -2.47. The van der Waals surface area contributed by atoms with Crippen LogP contribution in [0.4, 0.5) is 13.2 Å². The lowest BCUT2D eigenvalue weighted by molar-refractivity contribution is -0.156. The Labute approximate surface area is 172 Å². The quantitative estimate of drug-likeness (QED) is 0.386. The van der Waals surface area contributed by atoms with Crippen molar-refractivity contribution in [3.05, 3.63) is 29.8 Å². The molecule has 0 heterocycles. The van der Waals surface area contributed by atoms with Crippen LogP contribution in [-0.4, -0.2) is 33.6 Å². The first kappa shape index (κ1) is 25.5. The van der Waals surface area contributed by atoms with Gasteiger partial charge in [0.05, 0.1) is 11.0 Å². The molecular weight excluding hydrogens is 401 g/mol. The van der Waals surface area contributed by atoms with Crippen LogP contribution in [0.1, 0.15) is 47.1 Å². The van der Waals surface area contributed by atoms with Crippen LogP contribution in [-0.2, 0) is 20.1 Å². The van der Waals surface area contributed by atoms with Crippen molar-refractivity contribution < 1.29 is 31.9 Å². The summed E-state index contributed by atoms with van der Waals surface area (Å²) in [6.07, 6.45) is -5.03. The molecule has 0 radical (unpaired) electrons. The summed E-state index contributed by atoms with van der Waals surface area (Å²) in [5.74, 6) is -0.286. The molecule has 0 spiro atoms. The molecule has 0 saturated heterocycles. The predicted octanol–water partition coefficient (Wildman–Crippen LogP) is 6.06. The summed E-state index contributed by atoms with van der Waals surface area (Å²) in [6, 6.07) is 4.69. The van der Waals surface area contributed by atoms with Gasteiger partial charge in [-0.1, -0.05) is 26.8 Å². The second-order valence-corrected chi connectivity index (χ2v) is 14.4. The fraction of sp³-hybridized carbons (Fsp3) is 0.667. The fourth-order valence-electron chi connectivity index (χ4n) is 2.05. The van der Waals surface area contributed by atoms with Gasteiger partial charge in [0, 0.05) is 0 Å². The maximum atomic E-state index is 12.9. The Hall–Kier alpha value is -1.54. The van der Waals surface area contributed by atoms with Crippen molar-refractivity contribution >= 4 is 14.3 Å². The molecule has 1 aromatic rings. The molecule has 1 aromatic carbocycles. The zero-order valence-corrected chi connectivity index (χ0v) is 19.6. The summed E-state index contributed by atoms with van der Waals surface area (Å²) in [5.41, 5.74) is -1.44. The molecule has 4 nitrogen and oxygen atoms in total. The van der Waals surface area contributed by atoms with Crippen LogP contribution in [0.5, 0.6) is 5.75 Å². The van der Waals surface area contributed by atoms with E-state index in [1.807, 2.05) is 0 Å². The number of esters is 1. The molecule has 0 aliphatic carbocycles. The summed E-state index contributed by atoms with van der Waals surface area (Å²) in [6.45, 7) is 15.5. The molecule has 0 aliphatic rings. The Bertz CT molecular complexity index is 688. The largest absolute Gasteiger partial charge is 0.491 e. The monoisotopic (exact) mass is 434 g/mol. The van der Waals surface area contributed by atoms with Crippen LogP contribution in [0.15, 0.2) is 24.3 Å². The SMILES string of the molecule is CC(C)(C)C(=O)OC[C@@H](COc1cccc(C(F)(F)F)c1)O[Si](C)(C)C(C)(C)C. The van der Waals surface area contributed by atoms with E-state index < -0.39 is 31.6 Å². The van der Waals surface area contributed by atoms with Gasteiger partial charge in [0.1, 0.15) is 25.1 Å². The molecular formula is C21H33F3O4Si. The van der Waals surface area contributed by atoms with Gasteiger partial charge in [-0.3, -0.25) is 4.79 Å². The molecule has 0 saturated carbocycles. The third kappa shape index (κ3) is 8.01. The second kappa shape index (κ2) is 9.08. The Morgan fingerprint density at radius 2 is 1.62 bits per heavy atom. The standard InChI is InChI=1S/C21H33F3O4Si/c1-19(2,3)18(25)27-14-17(28-29(7,8)20(4,5)6)13-26-16-11-9-10-15(12-16)21(22,23)24/h9-12,17H,13-14H2,1-8H3/t17-/m1/s1. The molecule has 166 valence electrons. The normalized spacial score (nSPS) is 14.4. The average molecular weight is 435 g/mol. The van der Waals surface area contributed by atoms with Gasteiger partial charge in [-0.25, -0.2) is 0 Å². The zero-order chi connectivity index (χ0) is 22.7. The molecule has 1 rings (SSSR count). The van der Waals surface area contributed by atoms with Crippen molar-refractivity contribution in [2.75, 3.05) is 13.2 Å². The molecule has 0 N–H and O–H groups in total. The molecule has 0 aromatic heterocycles. The lowest BCUT2D eigenvalue weighted by atomic mass is 9.97. The first-order chi connectivity index (χ1) is 12.9. The number of hydrogen-bond donors (Lipinski definition) is 0. The minimum Gasteiger partial charge on any atom is -0.491 e. The Morgan fingerprint density at radius 3 is 2.10 bits per heavy atom. The smallest absolute Gasteiger partial charge is 0.416 e. The molecule has 0 fully saturated rings. The van der Waals surface area contributed by atoms with Gasteiger partial charge < -0.3 is 13.9 Å². The first-order valence-corrected chi connectivity index (χ1v) is 12.5. The van der Waals surface area contributed by atoms with Crippen molar-refractivity contribution in [1.29, 1.82) is 0 Å². The number of ether oxygens (including phenoxy) is 2. The van der Waals surface area contributed by atoms with Crippen LogP contribution < -0.4 is 4.74 Å². The van der Waals surface area contributed by atoms with Gasteiger partial charge in [-0.05, 0) is 57.1 Å². The number of carbonyl (C=O) groups is 1. The maximum Gasteiger partial charge on any atom is 0.416 e. The molecule has 0 unspecified atom stereocenters. The number of benzene rings is 1. The topological polar surface area (TPSA) is 44.8 Å². The summed E-state index contributed by atoms with van der Waals surface area (Å²) >= 11 is 0. The van der Waals surface area contributed by atoms with Gasteiger partial charge in [-0.2, -0.15) is 13.2 Å². The van der Waals surface area contributed by atoms with E-state index in [0.717, 1.165) is 12.1 Å². The maximum absolute atomic E-state index is 12.9. The Kier molecular flexibility index (Phi) is 7.98. The van der Waals surface area contributed by atoms with E-state index in [-0.39, 0.29) is 30.0 Å². The van der Waals surface area contributed by atoms with E-state index in [4.69, 9.17) is 13.9 Å². The van der Waals surface area contributed by atoms with Crippen molar-refractivity contribution in [3.63, 3.8) is 0 Å². The highest BCUT2D eigenvalue weighted by atomic mass is 28.4. The summed E-state index contributed by atoms with van der Waals surface area (Å²) in [5, 5.41) is -0.0878. The highest BCUT2D eigenvalue weighted by molar-refractivity contribution is 6.74. The lowest BCUT2D eigenvalue weighted by Gasteiger charge is -2.39. The van der Waals surface area contributed by atoms with E-state index in [0.29, 0.717) is 0 Å². The van der Waals surface area contributed by atoms with Gasteiger partial charge in [0.2, 0.25) is 0 Å². The number of halogens is 3. The third-order valence-corrected chi connectivity index (χ3v) is 9.41. The fourth-order valence-corrected chi connectivity index (χ4v) is 3.37. The van der Waals surface area contributed by atoms with Crippen LogP contribution in [0.3, 0.4) is 0 Å². The molecule has 0 aliphatic heterocycles. The van der Waals surface area contributed by atoms with E-state index in [1.54, 1.807) is 20.8 Å². The molecule has 1 atom stereocenters. The average Bonchev–Trinajstić information content (AvgIpc) is 2.54. The molecule has 8 heteroatoms. The molecule has 29 heavy (non-hydrogen) atoms. The minimum absolute atomic E-state index is 0.0226. The minimum atomic E-state index is -4.45. The number of hydrogen-bond acceptors (Lipinski definition) is 4. The highest BCUT2D eigenvalue weighted by Crippen LogP contribution is 2.37. The molecule has 0 bridgehead atoms. The van der Waals surface area contributed by atoms with Crippen LogP contribution >= 0.6 is 0 Å². The van der Waals surface area contributed by atoms with Crippen LogP contribution in [0.2, 0.25) is 18.1 Å². The van der Waals surface area contributed by atoms with Crippen molar-refractivity contribution in [2.45, 2.75) is 72.0 Å². The van der Waals surface area contributed by atoms with E-state index >= 15 is 0 Å². The number of carbonyl (C=O) groups excluding carboxylic acids is 1. The highest BCUT2D eigenvalue weighted by Gasteiger charge is 2.40. The number of alkyl halides is 3. The molecule has 0 amide bonds. The van der Waals surface area contributed by atoms with Gasteiger partial charge in [0.15, 0.2) is 8.32 Å². The third-order valence-electron chi connectivity index (χ3n) is 4.88. The van der Waals surface area contributed by atoms with Gasteiger partial charge in [0.25, 0.3) is 0 Å². The second-order valence-electron chi connectivity index (χ2n) is 9.69. The Morgan fingerprint density at radius 1 is 1.03 bits per heavy atom. The van der Waals surface area contributed by atoms with Crippen LogP contribution in [0, 0.1) is 5.41 Å². The zero-order valence-electron chi connectivity index (χ0n) is 18.6. The van der Waals surface area contributed by atoms with E-state index in [9.17, 15) is 18.0 Å². The number of rotatable bonds is 7. The Balaban J connectivity index is 2.92. The summed E-state index contributed by atoms with van der Waals surface area (Å²) in [7, 11) is -2.22. The van der Waals surface area contributed by atoms with Crippen molar-refractivity contribution in [2.24, 2.45) is 5.41 Å². The van der Waals surface area contributed by atoms with Crippen LogP contribution in [0.25, 0.3) is 0 Å². The predicted molar refractivity (Wildman–Crippen MR) is 109 cm³/mol.